The fourth-order valence-corrected chi connectivity index (χ4v) is 3.40. The first-order valence-electron chi connectivity index (χ1n) is 8.42. The number of fused-ring (bicyclic) bond motifs is 1. The molecule has 0 saturated heterocycles. The first-order valence-corrected chi connectivity index (χ1v) is 8.42. The molecule has 0 radical (unpaired) electrons. The van der Waals surface area contributed by atoms with Gasteiger partial charge in [-0.1, -0.05) is 51.0 Å². The fourth-order valence-electron chi connectivity index (χ4n) is 3.40. The third-order valence-corrected chi connectivity index (χ3v) is 4.80. The molecule has 1 aliphatic rings. The Morgan fingerprint density at radius 2 is 1.67 bits per heavy atom. The van der Waals surface area contributed by atoms with Gasteiger partial charge in [0.05, 0.1) is 6.61 Å². The zero-order valence-corrected chi connectivity index (χ0v) is 13.3. The predicted octanol–water partition coefficient (Wildman–Crippen LogP) is 5.92. The van der Waals surface area contributed by atoms with Gasteiger partial charge in [0.25, 0.3) is 0 Å². The molecule has 112 valence electrons. The highest BCUT2D eigenvalue weighted by Crippen LogP contribution is 2.36. The van der Waals surface area contributed by atoms with E-state index in [1.54, 1.807) is 0 Å². The lowest BCUT2D eigenvalue weighted by Crippen LogP contribution is -2.10. The zero-order valence-electron chi connectivity index (χ0n) is 13.3. The molecule has 0 bridgehead atoms. The van der Waals surface area contributed by atoms with Crippen LogP contribution in [0.3, 0.4) is 0 Å². The maximum absolute atomic E-state index is 5.72. The van der Waals surface area contributed by atoms with Crippen molar-refractivity contribution in [1.82, 2.24) is 0 Å². The number of ether oxygens (including phenoxy) is 1. The van der Waals surface area contributed by atoms with E-state index < -0.39 is 0 Å². The molecular formula is C20H26O. The number of rotatable bonds is 4. The Morgan fingerprint density at radius 3 is 2.43 bits per heavy atom. The molecule has 0 heterocycles. The summed E-state index contributed by atoms with van der Waals surface area (Å²) < 4.78 is 5.72. The van der Waals surface area contributed by atoms with Gasteiger partial charge in [0.2, 0.25) is 0 Å². The lowest BCUT2D eigenvalue weighted by molar-refractivity contribution is 0.318. The summed E-state index contributed by atoms with van der Waals surface area (Å²) >= 11 is 0. The van der Waals surface area contributed by atoms with Gasteiger partial charge in [-0.05, 0) is 59.6 Å². The monoisotopic (exact) mass is 282 g/mol. The van der Waals surface area contributed by atoms with E-state index in [-0.39, 0.29) is 0 Å². The second-order valence-electron chi connectivity index (χ2n) is 6.57. The largest absolute Gasteiger partial charge is 0.494 e. The maximum Gasteiger partial charge on any atom is 0.119 e. The van der Waals surface area contributed by atoms with Crippen LogP contribution in [0.2, 0.25) is 0 Å². The molecule has 1 heteroatoms. The molecule has 1 aliphatic carbocycles. The standard InChI is InChI=1S/C20H26O/c1-3-12-21-20-11-10-18-13-17(8-9-19(18)14-20)16-6-4-15(2)5-7-16/h8-11,13-16H,3-7,12H2,1-2H3/t15-,16-. The van der Waals surface area contributed by atoms with Gasteiger partial charge in [-0.2, -0.15) is 0 Å². The van der Waals surface area contributed by atoms with E-state index >= 15 is 0 Å². The van der Waals surface area contributed by atoms with Crippen LogP contribution in [0.4, 0.5) is 0 Å². The van der Waals surface area contributed by atoms with Crippen LogP contribution >= 0.6 is 0 Å². The van der Waals surface area contributed by atoms with Crippen LogP contribution in [0.5, 0.6) is 5.75 Å². The van der Waals surface area contributed by atoms with Crippen LogP contribution in [0.25, 0.3) is 10.8 Å². The van der Waals surface area contributed by atoms with Crippen LogP contribution in [0.1, 0.15) is 57.4 Å². The Kier molecular flexibility index (Phi) is 4.48. The molecule has 2 aromatic rings. The van der Waals surface area contributed by atoms with Crippen molar-refractivity contribution < 1.29 is 4.74 Å². The van der Waals surface area contributed by atoms with Crippen LogP contribution in [-0.2, 0) is 0 Å². The first kappa shape index (κ1) is 14.4. The predicted molar refractivity (Wildman–Crippen MR) is 90.1 cm³/mol. The first-order chi connectivity index (χ1) is 10.3. The van der Waals surface area contributed by atoms with Gasteiger partial charge in [0, 0.05) is 0 Å². The van der Waals surface area contributed by atoms with Crippen LogP contribution in [0, 0.1) is 5.92 Å². The second-order valence-corrected chi connectivity index (χ2v) is 6.57. The van der Waals surface area contributed by atoms with Crippen LogP contribution in [-0.4, -0.2) is 6.61 Å². The van der Waals surface area contributed by atoms with E-state index in [1.807, 2.05) is 0 Å². The lowest BCUT2D eigenvalue weighted by Gasteiger charge is -2.26. The summed E-state index contributed by atoms with van der Waals surface area (Å²) in [5.41, 5.74) is 1.52. The van der Waals surface area contributed by atoms with Crippen molar-refractivity contribution in [1.29, 1.82) is 0 Å². The number of benzene rings is 2. The van der Waals surface area contributed by atoms with Crippen molar-refractivity contribution in [3.05, 3.63) is 42.0 Å². The molecule has 3 rings (SSSR count). The van der Waals surface area contributed by atoms with Crippen molar-refractivity contribution in [2.45, 2.75) is 51.9 Å². The molecule has 0 aliphatic heterocycles. The SMILES string of the molecule is CCCOc1ccc2cc([C@H]3CC[C@H](C)CC3)ccc2c1. The van der Waals surface area contributed by atoms with Crippen molar-refractivity contribution in [2.24, 2.45) is 5.92 Å². The van der Waals surface area contributed by atoms with Crippen LogP contribution < -0.4 is 4.74 Å². The summed E-state index contributed by atoms with van der Waals surface area (Å²) in [4.78, 5) is 0. The van der Waals surface area contributed by atoms with Gasteiger partial charge in [0.1, 0.15) is 5.75 Å². The minimum atomic E-state index is 0.765. The second kappa shape index (κ2) is 6.51. The van der Waals surface area contributed by atoms with Gasteiger partial charge in [-0.15, -0.1) is 0 Å². The molecule has 21 heavy (non-hydrogen) atoms. The average Bonchev–Trinajstić information content (AvgIpc) is 2.53. The van der Waals surface area contributed by atoms with Gasteiger partial charge >= 0.3 is 0 Å². The zero-order chi connectivity index (χ0) is 14.7. The fraction of sp³-hybridized carbons (Fsp3) is 0.500. The Morgan fingerprint density at radius 1 is 0.952 bits per heavy atom. The number of hydrogen-bond acceptors (Lipinski definition) is 1. The molecule has 0 aromatic heterocycles. The topological polar surface area (TPSA) is 9.23 Å². The number of hydrogen-bond donors (Lipinski definition) is 0. The molecule has 0 N–H and O–H groups in total. The van der Waals surface area contributed by atoms with E-state index in [0.29, 0.717) is 0 Å². The third kappa shape index (κ3) is 3.40. The van der Waals surface area contributed by atoms with E-state index in [4.69, 9.17) is 4.74 Å². The molecule has 0 amide bonds. The molecule has 1 fully saturated rings. The summed E-state index contributed by atoms with van der Waals surface area (Å²) in [6, 6.07) is 13.4. The minimum absolute atomic E-state index is 0.765. The molecule has 2 aromatic carbocycles. The molecule has 1 saturated carbocycles. The van der Waals surface area contributed by atoms with E-state index in [0.717, 1.165) is 30.6 Å². The summed E-state index contributed by atoms with van der Waals surface area (Å²) in [5, 5.41) is 2.63. The Hall–Kier alpha value is -1.50. The normalized spacial score (nSPS) is 22.4. The Labute approximate surface area is 128 Å². The van der Waals surface area contributed by atoms with Crippen LogP contribution in [0.15, 0.2) is 36.4 Å². The maximum atomic E-state index is 5.72. The lowest BCUT2D eigenvalue weighted by atomic mass is 9.79. The summed E-state index contributed by atoms with van der Waals surface area (Å²) in [6.45, 7) is 5.32. The summed E-state index contributed by atoms with van der Waals surface area (Å²) in [6.07, 6.45) is 6.52. The van der Waals surface area contributed by atoms with E-state index in [1.165, 1.54) is 42.0 Å². The highest BCUT2D eigenvalue weighted by Gasteiger charge is 2.19. The smallest absolute Gasteiger partial charge is 0.119 e. The summed E-state index contributed by atoms with van der Waals surface area (Å²) in [5.74, 6) is 2.67. The molecular weight excluding hydrogens is 256 g/mol. The molecule has 0 atom stereocenters. The summed E-state index contributed by atoms with van der Waals surface area (Å²) in [7, 11) is 0. The van der Waals surface area contributed by atoms with Crippen molar-refractivity contribution in [3.63, 3.8) is 0 Å². The van der Waals surface area contributed by atoms with Crippen molar-refractivity contribution >= 4 is 10.8 Å². The highest BCUT2D eigenvalue weighted by atomic mass is 16.5. The van der Waals surface area contributed by atoms with Gasteiger partial charge in [0.15, 0.2) is 0 Å². The quantitative estimate of drug-likeness (QED) is 0.676. The average molecular weight is 282 g/mol. The van der Waals surface area contributed by atoms with E-state index in [2.05, 4.69) is 50.2 Å². The van der Waals surface area contributed by atoms with Crippen molar-refractivity contribution in [2.75, 3.05) is 6.61 Å². The van der Waals surface area contributed by atoms with Gasteiger partial charge < -0.3 is 4.74 Å². The Bertz CT molecular complexity index is 594. The highest BCUT2D eigenvalue weighted by molar-refractivity contribution is 5.84. The van der Waals surface area contributed by atoms with E-state index in [9.17, 15) is 0 Å². The van der Waals surface area contributed by atoms with Crippen molar-refractivity contribution in [3.8, 4) is 5.75 Å². The minimum Gasteiger partial charge on any atom is -0.494 e. The Balaban J connectivity index is 1.80. The molecule has 0 spiro atoms. The van der Waals surface area contributed by atoms with Gasteiger partial charge in [-0.3, -0.25) is 0 Å². The van der Waals surface area contributed by atoms with Gasteiger partial charge in [-0.25, -0.2) is 0 Å². The third-order valence-electron chi connectivity index (χ3n) is 4.80. The molecule has 1 nitrogen and oxygen atoms in total. The molecule has 0 unspecified atom stereocenters.